The maximum absolute atomic E-state index is 15.1. The van der Waals surface area contributed by atoms with Crippen LogP contribution < -0.4 is 15.0 Å². The summed E-state index contributed by atoms with van der Waals surface area (Å²) in [5.41, 5.74) is 2.98. The van der Waals surface area contributed by atoms with Crippen LogP contribution in [0.5, 0.6) is 17.4 Å². The molecule has 0 saturated heterocycles. The molecule has 7 nitrogen and oxygen atoms in total. The van der Waals surface area contributed by atoms with Crippen LogP contribution in [0.2, 0.25) is 0 Å². The first kappa shape index (κ1) is 26.7. The van der Waals surface area contributed by atoms with Crippen molar-refractivity contribution in [3.8, 4) is 23.1 Å². The van der Waals surface area contributed by atoms with E-state index in [1.807, 2.05) is 0 Å². The van der Waals surface area contributed by atoms with Crippen LogP contribution in [0, 0.1) is 32.4 Å². The van der Waals surface area contributed by atoms with Gasteiger partial charge in [-0.15, -0.1) is 0 Å². The molecule has 0 N–H and O–H groups in total. The summed E-state index contributed by atoms with van der Waals surface area (Å²) in [5.74, 6) is -0.969. The van der Waals surface area contributed by atoms with E-state index in [4.69, 9.17) is 9.47 Å². The Morgan fingerprint density at radius 3 is 2.45 bits per heavy atom. The van der Waals surface area contributed by atoms with Gasteiger partial charge < -0.3 is 9.47 Å². The lowest BCUT2D eigenvalue weighted by atomic mass is 9.99. The Kier molecular flexibility index (Phi) is 7.13. The second-order valence-corrected chi connectivity index (χ2v) is 9.41. The van der Waals surface area contributed by atoms with Crippen LogP contribution in [0.1, 0.15) is 32.7 Å². The third kappa shape index (κ3) is 5.05. The molecule has 2 aromatic carbocycles. The molecule has 0 unspecified atom stereocenters. The van der Waals surface area contributed by atoms with Gasteiger partial charge in [0.1, 0.15) is 11.3 Å². The molecule has 0 saturated carbocycles. The van der Waals surface area contributed by atoms with E-state index < -0.39 is 23.0 Å². The van der Waals surface area contributed by atoms with E-state index >= 15 is 4.39 Å². The number of Topliss-reactive ketones (excluding diaryl/α,β-unsaturated/α-hetero) is 1. The van der Waals surface area contributed by atoms with Gasteiger partial charge in [-0.3, -0.25) is 19.1 Å². The Bertz CT molecular complexity index is 1850. The van der Waals surface area contributed by atoms with Crippen molar-refractivity contribution in [3.63, 3.8) is 0 Å². The highest BCUT2D eigenvalue weighted by Gasteiger charge is 2.20. The third-order valence-electron chi connectivity index (χ3n) is 6.58. The maximum atomic E-state index is 15.1. The summed E-state index contributed by atoms with van der Waals surface area (Å²) in [6.07, 6.45) is 1.33. The van der Waals surface area contributed by atoms with Gasteiger partial charge in [-0.1, -0.05) is 6.07 Å². The number of halogens is 2. The van der Waals surface area contributed by atoms with Crippen LogP contribution in [0.4, 0.5) is 8.78 Å². The van der Waals surface area contributed by atoms with E-state index in [1.165, 1.54) is 48.2 Å². The van der Waals surface area contributed by atoms with E-state index in [0.717, 1.165) is 0 Å². The number of hydrogen-bond donors (Lipinski definition) is 0. The van der Waals surface area contributed by atoms with Gasteiger partial charge in [0.05, 0.1) is 23.9 Å². The molecule has 40 heavy (non-hydrogen) atoms. The molecule has 0 amide bonds. The Morgan fingerprint density at radius 2 is 1.73 bits per heavy atom. The Hall–Kier alpha value is -4.92. The summed E-state index contributed by atoms with van der Waals surface area (Å²) in [7, 11) is 1.49. The molecular weight excluding hydrogens is 516 g/mol. The smallest absolute Gasteiger partial charge is 0.266 e. The molecule has 3 heterocycles. The fourth-order valence-electron chi connectivity index (χ4n) is 4.71. The number of aryl methyl sites for hydroxylation is 3. The van der Waals surface area contributed by atoms with Crippen molar-refractivity contribution >= 4 is 16.8 Å². The third-order valence-corrected chi connectivity index (χ3v) is 6.58. The topological polar surface area (TPSA) is 83.3 Å². The van der Waals surface area contributed by atoms with Crippen molar-refractivity contribution in [2.45, 2.75) is 27.2 Å². The number of ether oxygens (including phenoxy) is 2. The maximum Gasteiger partial charge on any atom is 0.266 e. The van der Waals surface area contributed by atoms with Gasteiger partial charge in [-0.2, -0.15) is 0 Å². The Morgan fingerprint density at radius 1 is 0.925 bits per heavy atom. The summed E-state index contributed by atoms with van der Waals surface area (Å²) in [6, 6.07) is 15.0. The van der Waals surface area contributed by atoms with E-state index in [2.05, 4.69) is 9.97 Å². The number of pyridine rings is 3. The summed E-state index contributed by atoms with van der Waals surface area (Å²) in [5, 5.41) is 0. The fourth-order valence-corrected chi connectivity index (χ4v) is 4.71. The van der Waals surface area contributed by atoms with Gasteiger partial charge in [0.15, 0.2) is 23.1 Å². The highest BCUT2D eigenvalue weighted by atomic mass is 19.1. The molecule has 0 aliphatic rings. The summed E-state index contributed by atoms with van der Waals surface area (Å²) in [4.78, 5) is 35.4. The van der Waals surface area contributed by atoms with E-state index in [9.17, 15) is 14.0 Å². The number of aromatic nitrogens is 3. The average Bonchev–Trinajstić information content (AvgIpc) is 2.91. The number of hydrogen-bond acceptors (Lipinski definition) is 6. The number of methoxy groups -OCH3 is 1. The molecular formula is C31H25F2N3O4. The lowest BCUT2D eigenvalue weighted by molar-refractivity contribution is 0.0990. The molecule has 3 aromatic heterocycles. The number of rotatable bonds is 7. The normalized spacial score (nSPS) is 11.1. The number of fused-ring (bicyclic) bond motifs is 1. The molecule has 0 bridgehead atoms. The summed E-state index contributed by atoms with van der Waals surface area (Å²) < 4.78 is 41.2. The van der Waals surface area contributed by atoms with Gasteiger partial charge in [-0.25, -0.2) is 13.8 Å². The molecule has 0 fully saturated rings. The predicted octanol–water partition coefficient (Wildman–Crippen LogP) is 6.21. The molecule has 0 atom stereocenters. The first-order valence-electron chi connectivity index (χ1n) is 12.4. The van der Waals surface area contributed by atoms with Crippen molar-refractivity contribution < 1.29 is 23.0 Å². The number of benzene rings is 2. The van der Waals surface area contributed by atoms with Crippen LogP contribution in [-0.4, -0.2) is 27.4 Å². The van der Waals surface area contributed by atoms with E-state index in [1.54, 1.807) is 51.1 Å². The van der Waals surface area contributed by atoms with E-state index in [0.29, 0.717) is 50.7 Å². The van der Waals surface area contributed by atoms with Crippen molar-refractivity contribution in [1.29, 1.82) is 0 Å². The highest BCUT2D eigenvalue weighted by molar-refractivity contribution is 5.98. The minimum absolute atomic E-state index is 0.00154. The van der Waals surface area contributed by atoms with Crippen molar-refractivity contribution in [1.82, 2.24) is 14.5 Å². The molecule has 0 aliphatic heterocycles. The molecule has 9 heteroatoms. The average molecular weight is 542 g/mol. The molecule has 0 spiro atoms. The minimum Gasteiger partial charge on any atom is -0.481 e. The number of ketones is 1. The molecule has 5 rings (SSSR count). The second kappa shape index (κ2) is 10.7. The number of nitrogens with zero attached hydrogens (tertiary/aromatic N) is 3. The van der Waals surface area contributed by atoms with Crippen LogP contribution in [-0.2, 0) is 6.42 Å². The minimum atomic E-state index is -0.682. The van der Waals surface area contributed by atoms with Gasteiger partial charge in [-0.05, 0) is 79.9 Å². The molecule has 0 aliphatic carbocycles. The fraction of sp³-hybridized carbons (Fsp3) is 0.161. The lowest BCUT2D eigenvalue weighted by Crippen LogP contribution is -2.29. The Labute approximate surface area is 228 Å². The predicted molar refractivity (Wildman–Crippen MR) is 147 cm³/mol. The zero-order valence-corrected chi connectivity index (χ0v) is 22.3. The highest BCUT2D eigenvalue weighted by Crippen LogP contribution is 2.31. The van der Waals surface area contributed by atoms with Gasteiger partial charge in [0.2, 0.25) is 5.88 Å². The summed E-state index contributed by atoms with van der Waals surface area (Å²) >= 11 is 0. The monoisotopic (exact) mass is 541 g/mol. The van der Waals surface area contributed by atoms with Gasteiger partial charge >= 0.3 is 0 Å². The largest absolute Gasteiger partial charge is 0.481 e. The van der Waals surface area contributed by atoms with Crippen LogP contribution in [0.3, 0.4) is 0 Å². The van der Waals surface area contributed by atoms with Crippen molar-refractivity contribution in [3.05, 3.63) is 117 Å². The summed E-state index contributed by atoms with van der Waals surface area (Å²) in [6.45, 7) is 5.12. The zero-order chi connectivity index (χ0) is 28.6. The van der Waals surface area contributed by atoms with Crippen LogP contribution in [0.25, 0.3) is 16.7 Å². The standard InChI is InChI=1S/C31H25F2N3O4/c1-17-14-21(32)6-8-24(17)36-19(3)13-18(2)29(31(36)38)25(37)16-20-5-9-26(22(33)15-20)40-27-11-12-34-23-7-10-28(39-4)35-30(23)27/h5-15H,16H2,1-4H3. The molecule has 202 valence electrons. The lowest BCUT2D eigenvalue weighted by Gasteiger charge is -2.16. The van der Waals surface area contributed by atoms with E-state index in [-0.39, 0.29) is 17.7 Å². The Balaban J connectivity index is 1.43. The molecule has 0 radical (unpaired) electrons. The number of carbonyl (C=O) groups is 1. The van der Waals surface area contributed by atoms with Crippen LogP contribution in [0.15, 0.2) is 71.7 Å². The zero-order valence-electron chi connectivity index (χ0n) is 22.3. The van der Waals surface area contributed by atoms with Crippen LogP contribution >= 0.6 is 0 Å². The first-order chi connectivity index (χ1) is 19.2. The van der Waals surface area contributed by atoms with Gasteiger partial charge in [0.25, 0.3) is 5.56 Å². The first-order valence-corrected chi connectivity index (χ1v) is 12.4. The van der Waals surface area contributed by atoms with Gasteiger partial charge in [0, 0.05) is 30.4 Å². The van der Waals surface area contributed by atoms with Crippen molar-refractivity contribution in [2.75, 3.05) is 7.11 Å². The second-order valence-electron chi connectivity index (χ2n) is 9.41. The SMILES string of the molecule is COc1ccc2nccc(Oc3ccc(CC(=O)c4c(C)cc(C)n(-c5ccc(F)cc5C)c4=O)cc3F)c2n1. The molecule has 5 aromatic rings. The number of carbonyl (C=O) groups excluding carboxylic acids is 1. The van der Waals surface area contributed by atoms with Crippen molar-refractivity contribution in [2.24, 2.45) is 0 Å². The quantitative estimate of drug-likeness (QED) is 0.228.